The fourth-order valence-corrected chi connectivity index (χ4v) is 2.16. The number of halogens is 1. The number of rotatable bonds is 5. The minimum Gasteiger partial charge on any atom is -0.354 e. The van der Waals surface area contributed by atoms with Gasteiger partial charge in [-0.3, -0.25) is 14.4 Å². The smallest absolute Gasteiger partial charge is 0.193 e. The van der Waals surface area contributed by atoms with Crippen LogP contribution in [0.2, 0.25) is 0 Å². The van der Waals surface area contributed by atoms with Crippen LogP contribution in [0.4, 0.5) is 0 Å². The van der Waals surface area contributed by atoms with E-state index in [0.717, 1.165) is 31.2 Å². The Balaban J connectivity index is 0.00000242. The van der Waals surface area contributed by atoms with Crippen LogP contribution in [0, 0.1) is 6.92 Å². The fraction of sp³-hybridized carbons (Fsp3) is 0.500. The molecule has 2 aromatic rings. The first-order valence-electron chi connectivity index (χ1n) is 6.97. The molecule has 0 atom stereocenters. The van der Waals surface area contributed by atoms with Crippen LogP contribution in [0.3, 0.4) is 0 Å². The minimum absolute atomic E-state index is 0. The molecule has 0 saturated heterocycles. The molecule has 0 amide bonds. The standard InChI is InChI=1S/C14H23N7.HI/c1-12-7-18-21(9-12)6-5-16-14(15-2)19(3)10-13-8-17-20(4)11-13;/h7-9,11H,5-6,10H2,1-4H3,(H,15,16);1H. The highest BCUT2D eigenvalue weighted by Crippen LogP contribution is 2.01. The molecule has 1 N–H and O–H groups in total. The van der Waals surface area contributed by atoms with Crippen molar-refractivity contribution >= 4 is 29.9 Å². The molecule has 0 bridgehead atoms. The second-order valence-corrected chi connectivity index (χ2v) is 5.13. The van der Waals surface area contributed by atoms with Gasteiger partial charge in [-0.2, -0.15) is 10.2 Å². The van der Waals surface area contributed by atoms with E-state index in [2.05, 4.69) is 25.4 Å². The van der Waals surface area contributed by atoms with Gasteiger partial charge in [-0.1, -0.05) is 0 Å². The molecule has 0 unspecified atom stereocenters. The molecule has 0 spiro atoms. The summed E-state index contributed by atoms with van der Waals surface area (Å²) in [5, 5.41) is 11.8. The SMILES string of the molecule is CN=C(NCCn1cc(C)cn1)N(C)Cc1cnn(C)c1.I. The van der Waals surface area contributed by atoms with Gasteiger partial charge in [0.25, 0.3) is 0 Å². The summed E-state index contributed by atoms with van der Waals surface area (Å²) >= 11 is 0. The summed E-state index contributed by atoms with van der Waals surface area (Å²) in [6.07, 6.45) is 7.78. The second-order valence-electron chi connectivity index (χ2n) is 5.13. The maximum Gasteiger partial charge on any atom is 0.193 e. The number of nitrogens with zero attached hydrogens (tertiary/aromatic N) is 6. The first-order valence-corrected chi connectivity index (χ1v) is 6.97. The maximum atomic E-state index is 4.30. The zero-order chi connectivity index (χ0) is 15.2. The van der Waals surface area contributed by atoms with E-state index >= 15 is 0 Å². The van der Waals surface area contributed by atoms with Gasteiger partial charge < -0.3 is 10.2 Å². The highest BCUT2D eigenvalue weighted by Gasteiger charge is 2.07. The first kappa shape index (κ1) is 18.5. The maximum absolute atomic E-state index is 4.30. The van der Waals surface area contributed by atoms with Gasteiger partial charge in [-0.25, -0.2) is 0 Å². The molecular formula is C14H24IN7. The van der Waals surface area contributed by atoms with Gasteiger partial charge in [0.1, 0.15) is 0 Å². The van der Waals surface area contributed by atoms with Crippen molar-refractivity contribution in [1.82, 2.24) is 29.8 Å². The molecule has 2 aromatic heterocycles. The summed E-state index contributed by atoms with van der Waals surface area (Å²) < 4.78 is 3.73. The molecule has 22 heavy (non-hydrogen) atoms. The lowest BCUT2D eigenvalue weighted by molar-refractivity contribution is 0.470. The molecule has 0 aliphatic heterocycles. The molecule has 0 aliphatic rings. The van der Waals surface area contributed by atoms with Crippen LogP contribution in [0.15, 0.2) is 29.8 Å². The van der Waals surface area contributed by atoms with E-state index in [9.17, 15) is 0 Å². The van der Waals surface area contributed by atoms with Crippen LogP contribution in [-0.2, 0) is 20.1 Å². The van der Waals surface area contributed by atoms with Gasteiger partial charge in [0, 0.05) is 52.2 Å². The number of hydrogen-bond donors (Lipinski definition) is 1. The lowest BCUT2D eigenvalue weighted by atomic mass is 10.3. The Morgan fingerprint density at radius 3 is 2.64 bits per heavy atom. The number of aryl methyl sites for hydroxylation is 2. The van der Waals surface area contributed by atoms with Crippen LogP contribution in [-0.4, -0.2) is 51.1 Å². The molecule has 122 valence electrons. The fourth-order valence-electron chi connectivity index (χ4n) is 2.16. The summed E-state index contributed by atoms with van der Waals surface area (Å²) in [6.45, 7) is 4.41. The third-order valence-electron chi connectivity index (χ3n) is 3.14. The third-order valence-corrected chi connectivity index (χ3v) is 3.14. The Hall–Kier alpha value is -1.58. The molecule has 2 heterocycles. The van der Waals surface area contributed by atoms with Crippen molar-refractivity contribution in [2.75, 3.05) is 20.6 Å². The average Bonchev–Trinajstić information content (AvgIpc) is 3.03. The number of aliphatic imine (C=N–C) groups is 1. The van der Waals surface area contributed by atoms with Crippen LogP contribution in [0.25, 0.3) is 0 Å². The van der Waals surface area contributed by atoms with Gasteiger partial charge in [0.2, 0.25) is 0 Å². The summed E-state index contributed by atoms with van der Waals surface area (Å²) in [7, 11) is 5.73. The summed E-state index contributed by atoms with van der Waals surface area (Å²) in [4.78, 5) is 6.38. The second kappa shape index (κ2) is 8.76. The van der Waals surface area contributed by atoms with Gasteiger partial charge in [0.05, 0.1) is 18.9 Å². The number of guanidine groups is 1. The monoisotopic (exact) mass is 417 g/mol. The Morgan fingerprint density at radius 1 is 1.32 bits per heavy atom. The number of aromatic nitrogens is 4. The first-order chi connectivity index (χ1) is 10.1. The van der Waals surface area contributed by atoms with Crippen molar-refractivity contribution in [3.8, 4) is 0 Å². The van der Waals surface area contributed by atoms with Gasteiger partial charge in [-0.15, -0.1) is 24.0 Å². The molecule has 0 fully saturated rings. The van der Waals surface area contributed by atoms with Gasteiger partial charge in [-0.05, 0) is 12.5 Å². The summed E-state index contributed by atoms with van der Waals surface area (Å²) in [5.74, 6) is 0.864. The van der Waals surface area contributed by atoms with Crippen molar-refractivity contribution in [3.05, 3.63) is 35.9 Å². The zero-order valence-electron chi connectivity index (χ0n) is 13.5. The number of hydrogen-bond acceptors (Lipinski definition) is 3. The van der Waals surface area contributed by atoms with E-state index < -0.39 is 0 Å². The normalized spacial score (nSPS) is 11.2. The summed E-state index contributed by atoms with van der Waals surface area (Å²) in [5.41, 5.74) is 2.33. The van der Waals surface area contributed by atoms with E-state index in [0.29, 0.717) is 0 Å². The Kier molecular flexibility index (Phi) is 7.36. The van der Waals surface area contributed by atoms with Gasteiger partial charge in [0.15, 0.2) is 5.96 Å². The zero-order valence-corrected chi connectivity index (χ0v) is 15.9. The Bertz CT molecular complexity index is 602. The highest BCUT2D eigenvalue weighted by atomic mass is 127. The molecule has 0 aromatic carbocycles. The molecule has 8 heteroatoms. The van der Waals surface area contributed by atoms with Crippen LogP contribution >= 0.6 is 24.0 Å². The molecule has 2 rings (SSSR count). The molecule has 0 aliphatic carbocycles. The lowest BCUT2D eigenvalue weighted by Gasteiger charge is -2.21. The molecule has 0 radical (unpaired) electrons. The topological polar surface area (TPSA) is 63.3 Å². The Morgan fingerprint density at radius 2 is 2.09 bits per heavy atom. The van der Waals surface area contributed by atoms with E-state index in [-0.39, 0.29) is 24.0 Å². The Labute approximate surface area is 148 Å². The van der Waals surface area contributed by atoms with E-state index in [1.54, 1.807) is 11.7 Å². The van der Waals surface area contributed by atoms with Crippen molar-refractivity contribution < 1.29 is 0 Å². The minimum atomic E-state index is 0. The predicted molar refractivity (Wildman–Crippen MR) is 98.4 cm³/mol. The van der Waals surface area contributed by atoms with E-state index in [4.69, 9.17) is 0 Å². The molecular weight excluding hydrogens is 393 g/mol. The third kappa shape index (κ3) is 5.32. The van der Waals surface area contributed by atoms with Crippen molar-refractivity contribution in [2.24, 2.45) is 12.0 Å². The highest BCUT2D eigenvalue weighted by molar-refractivity contribution is 14.0. The molecule has 7 nitrogen and oxygen atoms in total. The van der Waals surface area contributed by atoms with Crippen LogP contribution < -0.4 is 5.32 Å². The predicted octanol–water partition coefficient (Wildman–Crippen LogP) is 1.25. The van der Waals surface area contributed by atoms with E-state index in [1.165, 1.54) is 5.56 Å². The van der Waals surface area contributed by atoms with Crippen molar-refractivity contribution in [1.29, 1.82) is 0 Å². The van der Waals surface area contributed by atoms with Crippen molar-refractivity contribution in [2.45, 2.75) is 20.0 Å². The average molecular weight is 417 g/mol. The van der Waals surface area contributed by atoms with Crippen LogP contribution in [0.1, 0.15) is 11.1 Å². The van der Waals surface area contributed by atoms with Crippen LogP contribution in [0.5, 0.6) is 0 Å². The van der Waals surface area contributed by atoms with Gasteiger partial charge >= 0.3 is 0 Å². The largest absolute Gasteiger partial charge is 0.354 e. The number of nitrogens with one attached hydrogen (secondary N) is 1. The lowest BCUT2D eigenvalue weighted by Crippen LogP contribution is -2.39. The summed E-state index contributed by atoms with van der Waals surface area (Å²) in [6, 6.07) is 0. The molecule has 0 saturated carbocycles. The quantitative estimate of drug-likeness (QED) is 0.452. The van der Waals surface area contributed by atoms with E-state index in [1.807, 2.05) is 50.5 Å². The van der Waals surface area contributed by atoms with Crippen molar-refractivity contribution in [3.63, 3.8) is 0 Å².